The molecule has 4 aromatic carbocycles. The summed E-state index contributed by atoms with van der Waals surface area (Å²) in [6, 6.07) is 40.4. The molecule has 13 rings (SSSR count). The normalized spacial score (nSPS) is 17.7. The van der Waals surface area contributed by atoms with Gasteiger partial charge in [0.25, 0.3) is 0 Å². The Labute approximate surface area is 597 Å². The van der Waals surface area contributed by atoms with Gasteiger partial charge in [-0.2, -0.15) is 0 Å². The second kappa shape index (κ2) is 34.7. The molecule has 95 heavy (non-hydrogen) atoms. The number of likely N-dealkylation sites (tertiary alicyclic amines) is 4. The van der Waals surface area contributed by atoms with Gasteiger partial charge in [0.05, 0.1) is 107 Å². The quantitative estimate of drug-likeness (QED) is 0.0681. The Morgan fingerprint density at radius 2 is 0.568 bits per heavy atom. The maximum absolute atomic E-state index is 7.51. The van der Waals surface area contributed by atoms with Gasteiger partial charge in [0.1, 0.15) is 22.6 Å². The fourth-order valence-electron chi connectivity index (χ4n) is 16.9. The van der Waals surface area contributed by atoms with Crippen molar-refractivity contribution in [2.24, 2.45) is 0 Å². The van der Waals surface area contributed by atoms with E-state index >= 15 is 0 Å². The molecule has 2 N–H and O–H groups in total. The molecule has 0 unspecified atom stereocenters. The number of aromatic nitrogens is 8. The van der Waals surface area contributed by atoms with Crippen molar-refractivity contribution in [2.75, 3.05) is 107 Å². The fraction of sp³-hybridized carbons (Fsp3) is 0.568. The molecule has 0 spiro atoms. The number of hydrogen-bond acceptors (Lipinski definition) is 8. The number of benzene rings is 4. The Balaban J connectivity index is 0.000000238. The lowest BCUT2D eigenvalue weighted by Gasteiger charge is -2.41. The van der Waals surface area contributed by atoms with Gasteiger partial charge >= 0.3 is 10.0 Å². The van der Waals surface area contributed by atoms with Crippen molar-refractivity contribution in [1.29, 1.82) is 0 Å². The molecule has 9 heterocycles. The topological polar surface area (TPSA) is 127 Å². The highest BCUT2D eigenvalue weighted by molar-refractivity contribution is 6.80. The van der Waals surface area contributed by atoms with Gasteiger partial charge in [0, 0.05) is 43.8 Å². The van der Waals surface area contributed by atoms with E-state index in [2.05, 4.69) is 52.0 Å². The number of fused-ring (bicyclic) bond motifs is 20. The molecule has 2 radical (unpaired) electrons. The monoisotopic (exact) mass is 1420 g/mol. The first-order valence-electron chi connectivity index (χ1n) is 35.9. The van der Waals surface area contributed by atoms with Gasteiger partial charge in [0.15, 0.2) is 39.9 Å². The summed E-state index contributed by atoms with van der Waals surface area (Å²) in [4.78, 5) is 36.8. The first-order chi connectivity index (χ1) is 44.3. The minimum Gasteiger partial charge on any atom is -1.00 e. The van der Waals surface area contributed by atoms with Crippen molar-refractivity contribution in [3.05, 3.63) is 97.1 Å². The molecule has 7 aromatic rings. The second-order valence-electron chi connectivity index (χ2n) is 29.8. The summed E-state index contributed by atoms with van der Waals surface area (Å²) < 4.78 is 20.3. The van der Waals surface area contributed by atoms with Crippen molar-refractivity contribution in [2.45, 2.75) is 166 Å². The Morgan fingerprint density at radius 1 is 0.337 bits per heavy atom. The minimum atomic E-state index is -1.91. The van der Waals surface area contributed by atoms with Crippen molar-refractivity contribution >= 4 is 70.8 Å². The summed E-state index contributed by atoms with van der Waals surface area (Å²) in [6.07, 6.45) is 25.2. The third-order valence-corrected chi connectivity index (χ3v) is 34.3. The van der Waals surface area contributed by atoms with Gasteiger partial charge < -0.3 is 85.8 Å². The molecule has 516 valence electrons. The fourth-order valence-corrected chi connectivity index (χ4v) is 27.8. The van der Waals surface area contributed by atoms with Crippen LogP contribution in [0, 0.1) is 0 Å². The maximum atomic E-state index is 7.51. The third kappa shape index (κ3) is 18.8. The smallest absolute Gasteiger partial charge is 0.410 e. The second-order valence-corrected chi connectivity index (χ2v) is 39.3. The summed E-state index contributed by atoms with van der Waals surface area (Å²) in [6.45, 7) is 21.5. The zero-order valence-electron chi connectivity index (χ0n) is 58.0. The van der Waals surface area contributed by atoms with Crippen LogP contribution in [0.4, 0.5) is 0 Å². The van der Waals surface area contributed by atoms with E-state index in [1.54, 1.807) is 0 Å². The number of nitrogens with zero attached hydrogens (tertiary/aromatic N) is 10. The lowest BCUT2D eigenvalue weighted by atomic mass is 10.1. The number of rotatable bonds is 24. The molecule has 14 nitrogen and oxygen atoms in total. The molecule has 3 aromatic heterocycles. The lowest BCUT2D eigenvalue weighted by molar-refractivity contribution is -0.914. The number of quaternary nitrogens is 4. The van der Waals surface area contributed by atoms with Gasteiger partial charge in [-0.25, -0.2) is 29.9 Å². The van der Waals surface area contributed by atoms with E-state index in [9.17, 15) is 0 Å². The highest BCUT2D eigenvalue weighted by atomic mass is 35.5. The van der Waals surface area contributed by atoms with E-state index < -0.39 is 16.6 Å². The Bertz CT molecular complexity index is 3300. The molecule has 8 bridgehead atoms. The van der Waals surface area contributed by atoms with Gasteiger partial charge in [-0.3, -0.25) is 0 Å². The van der Waals surface area contributed by atoms with Gasteiger partial charge in [-0.05, 0) is 139 Å². The number of piperidine rings is 4. The van der Waals surface area contributed by atoms with E-state index in [1.807, 2.05) is 97.1 Å². The van der Waals surface area contributed by atoms with Crippen molar-refractivity contribution < 1.29 is 75.8 Å². The number of nitrogens with one attached hydrogen (secondary N) is 2. The van der Waals surface area contributed by atoms with Gasteiger partial charge in [-0.1, -0.05) is 124 Å². The van der Waals surface area contributed by atoms with E-state index in [1.165, 1.54) is 248 Å². The molecule has 6 aliphatic heterocycles. The molecular weight excluding hydrogens is 1310 g/mol. The molecule has 0 amide bonds. The predicted molar refractivity (Wildman–Crippen MR) is 382 cm³/mol. The van der Waals surface area contributed by atoms with E-state index in [0.717, 1.165) is 43.8 Å². The molecule has 21 heteroatoms. The summed E-state index contributed by atoms with van der Waals surface area (Å²) in [5.41, 5.74) is 6.45. The van der Waals surface area contributed by atoms with Crippen LogP contribution in [0.2, 0.25) is 36.3 Å². The van der Waals surface area contributed by atoms with E-state index in [4.69, 9.17) is 38.1 Å². The van der Waals surface area contributed by atoms with Crippen LogP contribution in [0.3, 0.4) is 0 Å². The van der Waals surface area contributed by atoms with Gasteiger partial charge in [0.2, 0.25) is 0 Å². The van der Waals surface area contributed by atoms with E-state index in [0.29, 0.717) is 55.9 Å². The molecular formula is C74H108Cl4N12O2Si3. The van der Waals surface area contributed by atoms with Crippen LogP contribution in [0.25, 0.3) is 89.7 Å². The van der Waals surface area contributed by atoms with Crippen LogP contribution >= 0.6 is 0 Å². The third-order valence-electron chi connectivity index (χ3n) is 22.3. The molecule has 4 saturated heterocycles. The molecule has 6 aliphatic rings. The predicted octanol–water partition coefficient (Wildman–Crippen LogP) is 4.23. The number of hydrogen-bond donors (Lipinski definition) is 2. The van der Waals surface area contributed by atoms with E-state index in [-0.39, 0.29) is 49.6 Å². The van der Waals surface area contributed by atoms with Gasteiger partial charge in [-0.15, -0.1) is 0 Å². The van der Waals surface area contributed by atoms with Crippen molar-refractivity contribution in [3.8, 4) is 45.6 Å². The maximum Gasteiger partial charge on any atom is 0.410 e. The zero-order chi connectivity index (χ0) is 62.8. The molecule has 0 atom stereocenters. The SMILES string of the molecule is CCC[Si](CCC[N+]1(C)CCCCC1)(CCC[N+]1(C)CCCCC1)O[Si]O[Si](CCC)(CCC[N+]1(C)CCCCC1)CCC[N+]1(C)CCCCC1.[Cl-].[Cl-].[Cl-].[Cl-].c1ccc2c(c1)-c1nc-2nc2[nH]c(nc3nc(nc4[nH]c(n1)c1ccccc41)-c1ccccc1-3)c1ccccc21. The van der Waals surface area contributed by atoms with Crippen LogP contribution < -0.4 is 49.6 Å². The molecule has 4 fully saturated rings. The summed E-state index contributed by atoms with van der Waals surface area (Å²) in [5.74, 6) is 2.39. The Hall–Kier alpha value is -4.19. The van der Waals surface area contributed by atoms with Crippen LogP contribution in [0.1, 0.15) is 129 Å². The van der Waals surface area contributed by atoms with Crippen LogP contribution in [0.15, 0.2) is 97.1 Å². The number of aromatic amines is 2. The number of halogens is 4. The molecule has 0 aliphatic carbocycles. The largest absolute Gasteiger partial charge is 1.00 e. The van der Waals surface area contributed by atoms with Crippen LogP contribution in [0.5, 0.6) is 0 Å². The van der Waals surface area contributed by atoms with Crippen LogP contribution in [-0.4, -0.2) is 191 Å². The molecule has 0 saturated carbocycles. The van der Waals surface area contributed by atoms with Crippen molar-refractivity contribution in [3.63, 3.8) is 0 Å². The summed E-state index contributed by atoms with van der Waals surface area (Å²) >= 11 is 0. The average molecular weight is 1420 g/mol. The highest BCUT2D eigenvalue weighted by Crippen LogP contribution is 2.39. The highest BCUT2D eigenvalue weighted by Gasteiger charge is 2.41. The number of H-pyrrole nitrogens is 2. The first-order valence-corrected chi connectivity index (χ1v) is 41.8. The summed E-state index contributed by atoms with van der Waals surface area (Å²) in [7, 11) is 6.69. The first kappa shape index (κ1) is 76.6. The van der Waals surface area contributed by atoms with Crippen molar-refractivity contribution in [1.82, 2.24) is 39.9 Å². The van der Waals surface area contributed by atoms with Crippen LogP contribution in [-0.2, 0) is 8.23 Å². The lowest BCUT2D eigenvalue weighted by Crippen LogP contribution is -3.00. The minimum absolute atomic E-state index is 0. The Kier molecular flexibility index (Phi) is 28.0. The summed E-state index contributed by atoms with van der Waals surface area (Å²) in [5, 5.41) is 3.82. The zero-order valence-corrected chi connectivity index (χ0v) is 64.0. The Morgan fingerprint density at radius 3 is 0.800 bits per heavy atom. The standard InChI is InChI=1S/C42H90N4O2Si3.C32H18N8.4ClH/c1-7-37-50(39-21-33-43(3)25-13-9-14-26-43,40-22-34-44(4)27-15-10-16-28-44)47-49-48-51(38-8-2,41-23-35-45(5)29-17-11-18-30-45)42-24-36-46(6)31-19-12-20-32-46;1-2-10-18-17(9-1)25-33-26(18)38-28-21-13-5-6-14-22(21)30(35-28)40-32-24-16-8-7-15-23(24)31(36-32)39-29-20-12-4-3-11-19(20)27(34-29)37-25;;;;/h7-42H2,1-6H3;1-16H,(H2,33,34,35,36,37,38,39,40);4*1H/q+4;;;;;/p-4. The average Bonchev–Trinajstić information content (AvgIpc) is 1.61.